The minimum absolute atomic E-state index is 0.0590. The Hall–Kier alpha value is -2.51. The molecular formula is C24H31N3O3S. The minimum atomic E-state index is -0.641. The number of nitrogens with one attached hydrogen (secondary N) is 2. The van der Waals surface area contributed by atoms with Crippen LogP contribution < -0.4 is 15.4 Å². The van der Waals surface area contributed by atoms with E-state index in [0.29, 0.717) is 11.3 Å². The van der Waals surface area contributed by atoms with Crippen LogP contribution in [0.4, 0.5) is 5.69 Å². The average Bonchev–Trinajstić information content (AvgIpc) is 2.78. The molecule has 1 saturated heterocycles. The maximum Gasteiger partial charge on any atom is 0.251 e. The van der Waals surface area contributed by atoms with Crippen LogP contribution in [0.5, 0.6) is 5.75 Å². The summed E-state index contributed by atoms with van der Waals surface area (Å²) in [6.45, 7) is 6.90. The highest BCUT2D eigenvalue weighted by Crippen LogP contribution is 2.17. The van der Waals surface area contributed by atoms with Crippen molar-refractivity contribution in [3.63, 3.8) is 0 Å². The molecule has 1 heterocycles. The molecule has 6 nitrogen and oxygen atoms in total. The number of benzene rings is 2. The molecule has 0 radical (unpaired) electrons. The molecule has 2 aromatic carbocycles. The highest BCUT2D eigenvalue weighted by molar-refractivity contribution is 7.99. The summed E-state index contributed by atoms with van der Waals surface area (Å²) in [5.41, 5.74) is 2.41. The first-order valence-electron chi connectivity index (χ1n) is 10.6. The number of amides is 2. The zero-order chi connectivity index (χ0) is 22.2. The zero-order valence-electron chi connectivity index (χ0n) is 18.4. The number of hydrogen-bond acceptors (Lipinski definition) is 5. The lowest BCUT2D eigenvalue weighted by Gasteiger charge is -2.26. The summed E-state index contributed by atoms with van der Waals surface area (Å²) in [6, 6.07) is 14.1. The van der Waals surface area contributed by atoms with E-state index in [-0.39, 0.29) is 17.7 Å². The molecule has 2 aromatic rings. The first-order chi connectivity index (χ1) is 15.0. The molecule has 0 saturated carbocycles. The number of hydrogen-bond donors (Lipinski definition) is 2. The molecular weight excluding hydrogens is 410 g/mol. The number of carbonyl (C=O) groups is 2. The number of rotatable bonds is 8. The number of ether oxygens (including phenoxy) is 1. The van der Waals surface area contributed by atoms with Gasteiger partial charge in [0.2, 0.25) is 5.91 Å². The van der Waals surface area contributed by atoms with Crippen LogP contribution in [0.1, 0.15) is 29.8 Å². The van der Waals surface area contributed by atoms with Crippen molar-refractivity contribution >= 4 is 29.3 Å². The molecule has 0 aromatic heterocycles. The van der Waals surface area contributed by atoms with E-state index in [2.05, 4.69) is 21.6 Å². The third kappa shape index (κ3) is 6.74. The Morgan fingerprint density at radius 3 is 2.45 bits per heavy atom. The Bertz CT molecular complexity index is 880. The SMILES string of the molecule is COc1ccc(C(=O)NC(C(=O)Nc2cccc(CN3CCSCC3)c2)C(C)C)cc1. The van der Waals surface area contributed by atoms with E-state index in [1.165, 1.54) is 17.1 Å². The van der Waals surface area contributed by atoms with Gasteiger partial charge in [-0.2, -0.15) is 11.8 Å². The first kappa shape index (κ1) is 23.2. The number of nitrogens with zero attached hydrogens (tertiary/aromatic N) is 1. The van der Waals surface area contributed by atoms with Gasteiger partial charge in [-0.1, -0.05) is 26.0 Å². The van der Waals surface area contributed by atoms with Crippen molar-refractivity contribution in [3.8, 4) is 5.75 Å². The van der Waals surface area contributed by atoms with Gasteiger partial charge in [-0.25, -0.2) is 0 Å². The van der Waals surface area contributed by atoms with Crippen LogP contribution in [0, 0.1) is 5.92 Å². The van der Waals surface area contributed by atoms with Gasteiger partial charge in [-0.15, -0.1) is 0 Å². The minimum Gasteiger partial charge on any atom is -0.497 e. The fraction of sp³-hybridized carbons (Fsp3) is 0.417. The molecule has 31 heavy (non-hydrogen) atoms. The lowest BCUT2D eigenvalue weighted by molar-refractivity contribution is -0.118. The zero-order valence-corrected chi connectivity index (χ0v) is 19.2. The summed E-state index contributed by atoms with van der Waals surface area (Å²) in [4.78, 5) is 28.1. The summed E-state index contributed by atoms with van der Waals surface area (Å²) in [7, 11) is 1.58. The van der Waals surface area contributed by atoms with Crippen LogP contribution in [0.25, 0.3) is 0 Å². The molecule has 1 fully saturated rings. The normalized spacial score (nSPS) is 15.4. The Morgan fingerprint density at radius 2 is 1.81 bits per heavy atom. The van der Waals surface area contributed by atoms with Gasteiger partial charge in [-0.3, -0.25) is 14.5 Å². The molecule has 1 unspecified atom stereocenters. The quantitative estimate of drug-likeness (QED) is 0.655. The fourth-order valence-corrected chi connectivity index (χ4v) is 4.47. The molecule has 1 aliphatic heterocycles. The van der Waals surface area contributed by atoms with Crippen LogP contribution in [0.15, 0.2) is 48.5 Å². The Kier molecular flexibility index (Phi) is 8.37. The van der Waals surface area contributed by atoms with E-state index < -0.39 is 6.04 Å². The summed E-state index contributed by atoms with van der Waals surface area (Å²) in [5, 5.41) is 5.85. The molecule has 166 valence electrons. The lowest BCUT2D eigenvalue weighted by atomic mass is 10.0. The lowest BCUT2D eigenvalue weighted by Crippen LogP contribution is -2.47. The van der Waals surface area contributed by atoms with Crippen LogP contribution in [0.2, 0.25) is 0 Å². The van der Waals surface area contributed by atoms with Crippen molar-refractivity contribution in [2.45, 2.75) is 26.4 Å². The van der Waals surface area contributed by atoms with Gasteiger partial charge in [0.05, 0.1) is 7.11 Å². The van der Waals surface area contributed by atoms with Crippen molar-refractivity contribution < 1.29 is 14.3 Å². The number of carbonyl (C=O) groups excluding carboxylic acids is 2. The van der Waals surface area contributed by atoms with Crippen molar-refractivity contribution in [3.05, 3.63) is 59.7 Å². The molecule has 0 spiro atoms. The van der Waals surface area contributed by atoms with Crippen LogP contribution in [-0.4, -0.2) is 54.5 Å². The predicted octanol–water partition coefficient (Wildman–Crippen LogP) is 3.64. The highest BCUT2D eigenvalue weighted by Gasteiger charge is 2.25. The molecule has 0 aliphatic carbocycles. The van der Waals surface area contributed by atoms with Crippen molar-refractivity contribution in [1.29, 1.82) is 0 Å². The fourth-order valence-electron chi connectivity index (χ4n) is 3.49. The third-order valence-corrected chi connectivity index (χ3v) is 6.23. The standard InChI is InChI=1S/C24H31N3O3S/c1-17(2)22(26-23(28)19-7-9-21(30-3)10-8-19)24(29)25-20-6-4-5-18(15-20)16-27-11-13-31-14-12-27/h4-10,15,17,22H,11-14,16H2,1-3H3,(H,25,29)(H,26,28). The monoisotopic (exact) mass is 441 g/mol. The van der Waals surface area contributed by atoms with Gasteiger partial charge in [0.1, 0.15) is 11.8 Å². The smallest absolute Gasteiger partial charge is 0.251 e. The van der Waals surface area contributed by atoms with Crippen molar-refractivity contribution in [1.82, 2.24) is 10.2 Å². The second-order valence-electron chi connectivity index (χ2n) is 8.00. The summed E-state index contributed by atoms with van der Waals surface area (Å²) >= 11 is 1.99. The second-order valence-corrected chi connectivity index (χ2v) is 9.23. The van der Waals surface area contributed by atoms with Gasteiger partial charge in [-0.05, 0) is 47.9 Å². The molecule has 7 heteroatoms. The van der Waals surface area contributed by atoms with Gasteiger partial charge < -0.3 is 15.4 Å². The van der Waals surface area contributed by atoms with E-state index in [4.69, 9.17) is 4.74 Å². The van der Waals surface area contributed by atoms with E-state index in [1.807, 2.05) is 43.8 Å². The molecule has 2 amide bonds. The molecule has 3 rings (SSSR count). The van der Waals surface area contributed by atoms with Crippen LogP contribution >= 0.6 is 11.8 Å². The van der Waals surface area contributed by atoms with E-state index in [0.717, 1.165) is 25.3 Å². The van der Waals surface area contributed by atoms with E-state index in [9.17, 15) is 9.59 Å². The van der Waals surface area contributed by atoms with Gasteiger partial charge in [0.25, 0.3) is 5.91 Å². The van der Waals surface area contributed by atoms with Crippen molar-refractivity contribution in [2.24, 2.45) is 5.92 Å². The second kappa shape index (κ2) is 11.2. The molecule has 0 bridgehead atoms. The van der Waals surface area contributed by atoms with E-state index in [1.54, 1.807) is 31.4 Å². The maximum absolute atomic E-state index is 13.0. The van der Waals surface area contributed by atoms with Crippen LogP contribution in [-0.2, 0) is 11.3 Å². The first-order valence-corrected chi connectivity index (χ1v) is 11.8. The summed E-state index contributed by atoms with van der Waals surface area (Å²) < 4.78 is 5.13. The number of methoxy groups -OCH3 is 1. The van der Waals surface area contributed by atoms with Gasteiger partial charge >= 0.3 is 0 Å². The summed E-state index contributed by atoms with van der Waals surface area (Å²) in [5.74, 6) is 2.45. The maximum atomic E-state index is 13.0. The number of anilines is 1. The predicted molar refractivity (Wildman–Crippen MR) is 127 cm³/mol. The van der Waals surface area contributed by atoms with E-state index >= 15 is 0 Å². The van der Waals surface area contributed by atoms with Gasteiger partial charge in [0, 0.05) is 42.4 Å². The average molecular weight is 442 g/mol. The molecule has 1 aliphatic rings. The third-order valence-electron chi connectivity index (χ3n) is 5.29. The Labute approximate surface area is 188 Å². The highest BCUT2D eigenvalue weighted by atomic mass is 32.2. The molecule has 2 N–H and O–H groups in total. The Morgan fingerprint density at radius 1 is 1.10 bits per heavy atom. The van der Waals surface area contributed by atoms with Crippen molar-refractivity contribution in [2.75, 3.05) is 37.0 Å². The topological polar surface area (TPSA) is 70.7 Å². The Balaban J connectivity index is 1.63. The number of thioether (sulfide) groups is 1. The largest absolute Gasteiger partial charge is 0.497 e. The van der Waals surface area contributed by atoms with Crippen LogP contribution in [0.3, 0.4) is 0 Å². The van der Waals surface area contributed by atoms with Gasteiger partial charge in [0.15, 0.2) is 0 Å². The molecule has 1 atom stereocenters. The summed E-state index contributed by atoms with van der Waals surface area (Å²) in [6.07, 6.45) is 0.